The highest BCUT2D eigenvalue weighted by molar-refractivity contribution is 6.31. The van der Waals surface area contributed by atoms with E-state index in [-0.39, 0.29) is 0 Å². The van der Waals surface area contributed by atoms with Gasteiger partial charge in [-0.2, -0.15) is 0 Å². The number of rotatable bonds is 0. The van der Waals surface area contributed by atoms with Gasteiger partial charge in [0.05, 0.1) is 0 Å². The molecule has 2 aliphatic rings. The lowest BCUT2D eigenvalue weighted by Gasteiger charge is -2.36. The molecule has 1 fully saturated rings. The maximum absolute atomic E-state index is 14.0. The van der Waals surface area contributed by atoms with Crippen molar-refractivity contribution in [2.24, 2.45) is 4.99 Å². The van der Waals surface area contributed by atoms with Crippen molar-refractivity contribution in [1.29, 1.82) is 0 Å². The summed E-state index contributed by atoms with van der Waals surface area (Å²) in [5, 5.41) is 3.50. The average molecular weight is 295 g/mol. The average Bonchev–Trinajstić information content (AvgIpc) is 2.40. The molecule has 6 heteroatoms. The molecule has 0 unspecified atom stereocenters. The van der Waals surface area contributed by atoms with E-state index < -0.39 is 5.82 Å². The van der Waals surface area contributed by atoms with Crippen LogP contribution in [0.4, 0.5) is 10.1 Å². The summed E-state index contributed by atoms with van der Waals surface area (Å²) in [6.07, 6.45) is 0. The highest BCUT2D eigenvalue weighted by Crippen LogP contribution is 2.33. The van der Waals surface area contributed by atoms with Crippen LogP contribution in [0.5, 0.6) is 0 Å². The van der Waals surface area contributed by atoms with Crippen LogP contribution in [0.3, 0.4) is 0 Å². The Morgan fingerprint density at radius 2 is 2.00 bits per heavy atom. The molecule has 4 nitrogen and oxygen atoms in total. The first-order chi connectivity index (χ1) is 9.54. The lowest BCUT2D eigenvalue weighted by Crippen LogP contribution is -2.51. The van der Waals surface area contributed by atoms with Crippen LogP contribution in [-0.4, -0.2) is 49.0 Å². The van der Waals surface area contributed by atoms with Gasteiger partial charge in [-0.25, -0.2) is 9.38 Å². The van der Waals surface area contributed by atoms with E-state index in [4.69, 9.17) is 11.6 Å². The van der Waals surface area contributed by atoms with Crippen molar-refractivity contribution in [3.63, 3.8) is 0 Å². The standard InChI is InChI=1S/C14H16ClFN4/c1-9-11-7-10(15)8-12(16)13(11)18-14(17-9)20-5-3-19(2)4-6-20/h7-8H,1,3-6H2,2H3,(H,17,18). The number of halogens is 2. The van der Waals surface area contributed by atoms with Crippen molar-refractivity contribution in [2.45, 2.75) is 0 Å². The van der Waals surface area contributed by atoms with Crippen molar-refractivity contribution in [2.75, 3.05) is 33.2 Å². The number of piperazine rings is 1. The van der Waals surface area contributed by atoms with E-state index in [1.54, 1.807) is 6.07 Å². The highest BCUT2D eigenvalue weighted by Gasteiger charge is 2.24. The van der Waals surface area contributed by atoms with E-state index in [9.17, 15) is 4.39 Å². The summed E-state index contributed by atoms with van der Waals surface area (Å²) in [4.78, 5) is 8.77. The molecule has 1 aromatic carbocycles. The fraction of sp³-hybridized carbons (Fsp3) is 0.357. The van der Waals surface area contributed by atoms with Crippen LogP contribution in [0.25, 0.3) is 5.70 Å². The number of likely N-dealkylation sites (N-methyl/N-ethyl adjacent to an activating group) is 1. The number of hydrogen-bond acceptors (Lipinski definition) is 4. The molecule has 2 aliphatic heterocycles. The highest BCUT2D eigenvalue weighted by atomic mass is 35.5. The van der Waals surface area contributed by atoms with E-state index in [1.165, 1.54) is 6.07 Å². The van der Waals surface area contributed by atoms with Crippen LogP contribution in [-0.2, 0) is 0 Å². The zero-order chi connectivity index (χ0) is 14.3. The first-order valence-corrected chi connectivity index (χ1v) is 6.90. The Morgan fingerprint density at radius 3 is 2.70 bits per heavy atom. The molecule has 0 radical (unpaired) electrons. The molecule has 20 heavy (non-hydrogen) atoms. The third kappa shape index (κ3) is 2.39. The van der Waals surface area contributed by atoms with E-state index in [0.29, 0.717) is 27.9 Å². The number of aliphatic imine (C=N–C) groups is 1. The molecule has 3 rings (SSSR count). The van der Waals surface area contributed by atoms with Gasteiger partial charge in [0.2, 0.25) is 5.96 Å². The van der Waals surface area contributed by atoms with Gasteiger partial charge in [-0.15, -0.1) is 0 Å². The van der Waals surface area contributed by atoms with Gasteiger partial charge in [-0.3, -0.25) is 0 Å². The largest absolute Gasteiger partial charge is 0.340 e. The Balaban J connectivity index is 1.95. The molecular formula is C14H16ClFN4. The molecule has 0 spiro atoms. The Kier molecular flexibility index (Phi) is 3.40. The van der Waals surface area contributed by atoms with Gasteiger partial charge in [0.15, 0.2) is 5.82 Å². The minimum Gasteiger partial charge on any atom is -0.340 e. The van der Waals surface area contributed by atoms with Gasteiger partial charge in [-0.05, 0) is 19.2 Å². The number of hydrogen-bond donors (Lipinski definition) is 1. The summed E-state index contributed by atoms with van der Waals surface area (Å²) in [5.41, 5.74) is 1.56. The third-order valence-electron chi connectivity index (χ3n) is 3.64. The van der Waals surface area contributed by atoms with Crippen molar-refractivity contribution in [3.05, 3.63) is 35.1 Å². The summed E-state index contributed by atoms with van der Waals surface area (Å²) < 4.78 is 14.0. The normalized spacial score (nSPS) is 19.4. The number of nitrogens with one attached hydrogen (secondary N) is 1. The monoisotopic (exact) mass is 294 g/mol. The van der Waals surface area contributed by atoms with Crippen LogP contribution < -0.4 is 5.32 Å². The maximum atomic E-state index is 14.0. The van der Waals surface area contributed by atoms with Crippen LogP contribution in [0, 0.1) is 5.82 Å². The molecule has 0 saturated carbocycles. The molecule has 0 aromatic heterocycles. The second kappa shape index (κ2) is 5.07. The molecule has 0 atom stereocenters. The van der Waals surface area contributed by atoms with Crippen LogP contribution in [0.2, 0.25) is 5.02 Å². The summed E-state index contributed by atoms with van der Waals surface area (Å²) in [5.74, 6) is 0.249. The Labute approximate surface area is 122 Å². The smallest absolute Gasteiger partial charge is 0.203 e. The molecule has 1 aromatic rings. The predicted molar refractivity (Wildman–Crippen MR) is 79.7 cm³/mol. The van der Waals surface area contributed by atoms with Crippen LogP contribution in [0.15, 0.2) is 23.7 Å². The van der Waals surface area contributed by atoms with Gasteiger partial charge in [-0.1, -0.05) is 18.2 Å². The summed E-state index contributed by atoms with van der Waals surface area (Å²) in [6.45, 7) is 7.59. The zero-order valence-corrected chi connectivity index (χ0v) is 12.0. The second-order valence-electron chi connectivity index (χ2n) is 5.11. The van der Waals surface area contributed by atoms with Crippen molar-refractivity contribution >= 4 is 28.9 Å². The number of nitrogens with zero attached hydrogens (tertiary/aromatic N) is 3. The van der Waals surface area contributed by atoms with Crippen LogP contribution >= 0.6 is 11.6 Å². The fourth-order valence-corrected chi connectivity index (χ4v) is 2.62. The second-order valence-corrected chi connectivity index (χ2v) is 5.55. The molecule has 0 aliphatic carbocycles. The van der Waals surface area contributed by atoms with Gasteiger partial charge in [0.25, 0.3) is 0 Å². The Morgan fingerprint density at radius 1 is 1.30 bits per heavy atom. The first-order valence-electron chi connectivity index (χ1n) is 6.52. The molecule has 1 saturated heterocycles. The summed E-state index contributed by atoms with van der Waals surface area (Å²) in [7, 11) is 2.09. The molecular weight excluding hydrogens is 279 g/mol. The van der Waals surface area contributed by atoms with Crippen molar-refractivity contribution in [1.82, 2.24) is 15.1 Å². The zero-order valence-electron chi connectivity index (χ0n) is 11.3. The van der Waals surface area contributed by atoms with Crippen molar-refractivity contribution < 1.29 is 4.39 Å². The third-order valence-corrected chi connectivity index (χ3v) is 3.85. The lowest BCUT2D eigenvalue weighted by atomic mass is 10.1. The first kappa shape index (κ1) is 13.4. The fourth-order valence-electron chi connectivity index (χ4n) is 2.41. The van der Waals surface area contributed by atoms with Gasteiger partial charge in [0.1, 0.15) is 5.69 Å². The SMILES string of the molecule is C=C1NC(N2CCN(C)CC2)=Nc2c(F)cc(Cl)cc21. The molecule has 0 bridgehead atoms. The quantitative estimate of drug-likeness (QED) is 0.796. The predicted octanol–water partition coefficient (Wildman–Crippen LogP) is 2.29. The minimum absolute atomic E-state index is 0.312. The molecule has 2 heterocycles. The molecule has 0 amide bonds. The summed E-state index contributed by atoms with van der Waals surface area (Å²) >= 11 is 5.88. The summed E-state index contributed by atoms with van der Waals surface area (Å²) in [6, 6.07) is 2.96. The Hall–Kier alpha value is -1.59. The topological polar surface area (TPSA) is 30.9 Å². The lowest BCUT2D eigenvalue weighted by molar-refractivity contribution is 0.212. The molecule has 1 N–H and O–H groups in total. The minimum atomic E-state index is -0.415. The van der Waals surface area contributed by atoms with Gasteiger partial charge >= 0.3 is 0 Å². The van der Waals surface area contributed by atoms with Gasteiger partial charge < -0.3 is 15.1 Å². The van der Waals surface area contributed by atoms with E-state index in [1.807, 2.05) is 0 Å². The van der Waals surface area contributed by atoms with E-state index in [2.05, 4.69) is 33.7 Å². The van der Waals surface area contributed by atoms with Crippen LogP contribution in [0.1, 0.15) is 5.56 Å². The maximum Gasteiger partial charge on any atom is 0.203 e. The van der Waals surface area contributed by atoms with Crippen molar-refractivity contribution in [3.8, 4) is 0 Å². The van der Waals surface area contributed by atoms with E-state index >= 15 is 0 Å². The number of guanidine groups is 1. The number of benzene rings is 1. The van der Waals surface area contributed by atoms with E-state index in [0.717, 1.165) is 26.2 Å². The molecule has 106 valence electrons. The number of fused-ring (bicyclic) bond motifs is 1. The van der Waals surface area contributed by atoms with Gasteiger partial charge in [0, 0.05) is 42.5 Å². The Bertz CT molecular complexity index is 591.